The highest BCUT2D eigenvalue weighted by molar-refractivity contribution is 7.09. The number of anilines is 1. The first-order valence-corrected chi connectivity index (χ1v) is 9.19. The number of aromatic nitrogens is 5. The van der Waals surface area contributed by atoms with Gasteiger partial charge in [0.1, 0.15) is 11.3 Å². The molecule has 0 unspecified atom stereocenters. The highest BCUT2D eigenvalue weighted by Crippen LogP contribution is 2.30. The van der Waals surface area contributed by atoms with Crippen LogP contribution < -0.4 is 5.32 Å². The van der Waals surface area contributed by atoms with Crippen molar-refractivity contribution in [2.75, 3.05) is 5.32 Å². The van der Waals surface area contributed by atoms with Gasteiger partial charge in [0, 0.05) is 29.4 Å². The molecule has 132 valence electrons. The molecule has 5 rings (SSSR count). The summed E-state index contributed by atoms with van der Waals surface area (Å²) in [4.78, 5) is 21.1. The molecule has 5 aromatic rings. The van der Waals surface area contributed by atoms with Gasteiger partial charge >= 0.3 is 0 Å². The van der Waals surface area contributed by atoms with Crippen LogP contribution in [0.5, 0.6) is 0 Å². The number of aryl methyl sites for hydroxylation is 1. The Morgan fingerprint density at radius 1 is 1.26 bits per heavy atom. The number of H-pyrrole nitrogens is 1. The predicted molar refractivity (Wildman–Crippen MR) is 105 cm³/mol. The zero-order valence-corrected chi connectivity index (χ0v) is 15.1. The van der Waals surface area contributed by atoms with Crippen LogP contribution in [-0.2, 0) is 0 Å². The van der Waals surface area contributed by atoms with E-state index in [4.69, 9.17) is 0 Å². The molecule has 0 spiro atoms. The summed E-state index contributed by atoms with van der Waals surface area (Å²) in [5.74, 6) is -0.232. The summed E-state index contributed by atoms with van der Waals surface area (Å²) in [6.07, 6.45) is 7.38. The molecule has 0 saturated carbocycles. The van der Waals surface area contributed by atoms with E-state index < -0.39 is 0 Å². The zero-order valence-electron chi connectivity index (χ0n) is 14.3. The second-order valence-corrected chi connectivity index (χ2v) is 7.23. The van der Waals surface area contributed by atoms with Crippen LogP contribution in [0.25, 0.3) is 27.7 Å². The van der Waals surface area contributed by atoms with Gasteiger partial charge in [-0.15, -0.1) is 11.3 Å². The van der Waals surface area contributed by atoms with Gasteiger partial charge in [-0.25, -0.2) is 9.97 Å². The Morgan fingerprint density at radius 2 is 2.19 bits per heavy atom. The molecule has 0 saturated heterocycles. The average Bonchev–Trinajstić information content (AvgIpc) is 3.40. The van der Waals surface area contributed by atoms with Gasteiger partial charge in [0.05, 0.1) is 22.4 Å². The Labute approximate surface area is 157 Å². The average molecular weight is 374 g/mol. The molecule has 0 aliphatic heterocycles. The van der Waals surface area contributed by atoms with E-state index in [1.54, 1.807) is 17.8 Å². The Balaban J connectivity index is 1.59. The van der Waals surface area contributed by atoms with Gasteiger partial charge in [-0.1, -0.05) is 0 Å². The van der Waals surface area contributed by atoms with Gasteiger partial charge in [0.25, 0.3) is 5.91 Å². The number of fused-ring (bicyclic) bond motifs is 2. The van der Waals surface area contributed by atoms with Crippen molar-refractivity contribution in [3.8, 4) is 11.1 Å². The first-order chi connectivity index (χ1) is 13.2. The molecule has 0 bridgehead atoms. The van der Waals surface area contributed by atoms with E-state index in [1.807, 2.05) is 48.0 Å². The Kier molecular flexibility index (Phi) is 3.51. The first kappa shape index (κ1) is 15.7. The number of amides is 1. The number of imidazole rings is 1. The molecule has 0 aliphatic carbocycles. The van der Waals surface area contributed by atoms with Crippen LogP contribution in [0.1, 0.15) is 15.5 Å². The van der Waals surface area contributed by atoms with Gasteiger partial charge in [0.2, 0.25) is 0 Å². The third-order valence-electron chi connectivity index (χ3n) is 4.38. The topological polar surface area (TPSA) is 88.0 Å². The Hall–Kier alpha value is -3.52. The maximum absolute atomic E-state index is 12.6. The van der Waals surface area contributed by atoms with Crippen LogP contribution in [0.2, 0.25) is 0 Å². The monoisotopic (exact) mass is 374 g/mol. The van der Waals surface area contributed by atoms with E-state index >= 15 is 0 Å². The Bertz CT molecular complexity index is 1300. The van der Waals surface area contributed by atoms with Gasteiger partial charge in [-0.3, -0.25) is 9.89 Å². The van der Waals surface area contributed by atoms with Crippen LogP contribution in [0.15, 0.2) is 54.4 Å². The van der Waals surface area contributed by atoms with Gasteiger partial charge in [-0.2, -0.15) is 5.10 Å². The number of benzene rings is 1. The maximum Gasteiger partial charge on any atom is 0.275 e. The largest absolute Gasteiger partial charge is 0.320 e. The quantitative estimate of drug-likeness (QED) is 0.501. The third kappa shape index (κ3) is 2.76. The molecule has 8 heteroatoms. The summed E-state index contributed by atoms with van der Waals surface area (Å²) >= 11 is 1.45. The van der Waals surface area contributed by atoms with Crippen molar-refractivity contribution in [1.82, 2.24) is 24.6 Å². The summed E-state index contributed by atoms with van der Waals surface area (Å²) in [6, 6.07) is 7.94. The number of hydrogen-bond acceptors (Lipinski definition) is 5. The van der Waals surface area contributed by atoms with Crippen molar-refractivity contribution < 1.29 is 4.79 Å². The summed E-state index contributed by atoms with van der Waals surface area (Å²) in [5.41, 5.74) is 4.82. The van der Waals surface area contributed by atoms with Crippen LogP contribution >= 0.6 is 11.3 Å². The summed E-state index contributed by atoms with van der Waals surface area (Å²) in [5, 5.41) is 13.5. The Morgan fingerprint density at radius 3 is 3.04 bits per heavy atom. The fourth-order valence-corrected chi connectivity index (χ4v) is 3.66. The molecule has 1 amide bonds. The van der Waals surface area contributed by atoms with Gasteiger partial charge in [0.15, 0.2) is 0 Å². The molecule has 4 aromatic heterocycles. The van der Waals surface area contributed by atoms with Crippen LogP contribution in [0.3, 0.4) is 0 Å². The van der Waals surface area contributed by atoms with Crippen molar-refractivity contribution in [3.63, 3.8) is 0 Å². The minimum absolute atomic E-state index is 0.232. The molecule has 27 heavy (non-hydrogen) atoms. The van der Waals surface area contributed by atoms with Crippen molar-refractivity contribution in [3.05, 3.63) is 65.1 Å². The lowest BCUT2D eigenvalue weighted by Gasteiger charge is -2.09. The minimum atomic E-state index is -0.232. The number of thiazole rings is 1. The van der Waals surface area contributed by atoms with Crippen LogP contribution in [0.4, 0.5) is 5.69 Å². The summed E-state index contributed by atoms with van der Waals surface area (Å²) < 4.78 is 1.96. The molecule has 0 radical (unpaired) electrons. The van der Waals surface area contributed by atoms with E-state index in [-0.39, 0.29) is 5.91 Å². The molecule has 0 fully saturated rings. The van der Waals surface area contributed by atoms with E-state index in [2.05, 4.69) is 25.5 Å². The lowest BCUT2D eigenvalue weighted by atomic mass is 10.0. The highest BCUT2D eigenvalue weighted by Gasteiger charge is 2.14. The SMILES string of the molecule is Cc1nc(C(=O)Nc2cc(-c3ccc4nccn4c3)cc3[nH]ncc23)cs1. The van der Waals surface area contributed by atoms with E-state index in [9.17, 15) is 4.79 Å². The lowest BCUT2D eigenvalue weighted by Crippen LogP contribution is -2.12. The number of pyridine rings is 1. The third-order valence-corrected chi connectivity index (χ3v) is 5.15. The smallest absolute Gasteiger partial charge is 0.275 e. The van der Waals surface area contributed by atoms with E-state index in [0.717, 1.165) is 32.7 Å². The number of hydrogen-bond donors (Lipinski definition) is 2. The fraction of sp³-hybridized carbons (Fsp3) is 0.0526. The van der Waals surface area contributed by atoms with Gasteiger partial charge < -0.3 is 9.72 Å². The second-order valence-electron chi connectivity index (χ2n) is 6.17. The maximum atomic E-state index is 12.6. The van der Waals surface area contributed by atoms with Crippen molar-refractivity contribution >= 4 is 39.5 Å². The summed E-state index contributed by atoms with van der Waals surface area (Å²) in [6.45, 7) is 1.88. The lowest BCUT2D eigenvalue weighted by molar-refractivity contribution is 0.102. The van der Waals surface area contributed by atoms with E-state index in [0.29, 0.717) is 11.4 Å². The first-order valence-electron chi connectivity index (χ1n) is 8.31. The van der Waals surface area contributed by atoms with Crippen LogP contribution in [0, 0.1) is 6.92 Å². The molecule has 0 aliphatic rings. The zero-order chi connectivity index (χ0) is 18.4. The number of carbonyl (C=O) groups excluding carboxylic acids is 1. The molecule has 2 N–H and O–H groups in total. The second kappa shape index (κ2) is 6.03. The number of nitrogens with zero attached hydrogens (tertiary/aromatic N) is 4. The summed E-state index contributed by atoms with van der Waals surface area (Å²) in [7, 11) is 0. The molecular weight excluding hydrogens is 360 g/mol. The standard InChI is InChI=1S/C19H14N6OS/c1-11-22-17(10-27-11)19(26)23-15-6-13(7-16-14(15)8-21-24-16)12-2-3-18-20-4-5-25(18)9-12/h2-10H,1H3,(H,21,24)(H,23,26). The van der Waals surface area contributed by atoms with Crippen molar-refractivity contribution in [2.45, 2.75) is 6.92 Å². The number of nitrogens with one attached hydrogen (secondary N) is 2. The molecule has 0 atom stereocenters. The van der Waals surface area contributed by atoms with Gasteiger partial charge in [-0.05, 0) is 42.3 Å². The van der Waals surface area contributed by atoms with Crippen molar-refractivity contribution in [2.24, 2.45) is 0 Å². The fourth-order valence-electron chi connectivity index (χ4n) is 3.07. The highest BCUT2D eigenvalue weighted by atomic mass is 32.1. The molecular formula is C19H14N6OS. The number of rotatable bonds is 3. The normalized spacial score (nSPS) is 11.3. The molecule has 7 nitrogen and oxygen atoms in total. The predicted octanol–water partition coefficient (Wildman–Crippen LogP) is 3.89. The molecule has 4 heterocycles. The molecule has 1 aromatic carbocycles. The minimum Gasteiger partial charge on any atom is -0.320 e. The van der Waals surface area contributed by atoms with E-state index in [1.165, 1.54) is 11.3 Å². The van der Waals surface area contributed by atoms with Crippen molar-refractivity contribution in [1.29, 1.82) is 0 Å². The number of carbonyl (C=O) groups is 1. The number of aromatic amines is 1. The van der Waals surface area contributed by atoms with Crippen LogP contribution in [-0.4, -0.2) is 30.5 Å².